The molecule has 0 amide bonds. The van der Waals surface area contributed by atoms with Gasteiger partial charge >= 0.3 is 0 Å². The summed E-state index contributed by atoms with van der Waals surface area (Å²) in [6.45, 7) is 4.79. The molecular formula is C50H45NO. The van der Waals surface area contributed by atoms with E-state index in [9.17, 15) is 0 Å². The minimum atomic E-state index is -0.0863. The maximum Gasteiger partial charge on any atom is 0.137 e. The van der Waals surface area contributed by atoms with E-state index in [1.807, 2.05) is 0 Å². The Morgan fingerprint density at radius 3 is 1.90 bits per heavy atom. The van der Waals surface area contributed by atoms with Gasteiger partial charge in [0.1, 0.15) is 11.2 Å². The number of hydrogen-bond acceptors (Lipinski definition) is 2. The van der Waals surface area contributed by atoms with E-state index < -0.39 is 0 Å². The molecule has 2 nitrogen and oxygen atoms in total. The van der Waals surface area contributed by atoms with E-state index in [0.717, 1.165) is 11.2 Å². The Morgan fingerprint density at radius 1 is 0.519 bits per heavy atom. The zero-order valence-electron chi connectivity index (χ0n) is 30.3. The number of para-hydroxylation sites is 1. The van der Waals surface area contributed by atoms with Crippen LogP contribution in [0.4, 0.5) is 17.1 Å². The molecule has 0 N–H and O–H groups in total. The molecule has 6 aromatic carbocycles. The molecule has 0 radical (unpaired) electrons. The molecular weight excluding hydrogens is 631 g/mol. The second-order valence-corrected chi connectivity index (χ2v) is 16.6. The smallest absolute Gasteiger partial charge is 0.137 e. The topological polar surface area (TPSA) is 16.4 Å². The molecule has 1 heterocycles. The molecule has 4 aliphatic carbocycles. The van der Waals surface area contributed by atoms with Crippen molar-refractivity contribution in [2.24, 2.45) is 0 Å². The van der Waals surface area contributed by atoms with Crippen molar-refractivity contribution in [3.05, 3.63) is 149 Å². The van der Waals surface area contributed by atoms with Crippen LogP contribution in [0.25, 0.3) is 44.2 Å². The molecule has 0 aliphatic heterocycles. The standard InChI is InChI=1S/C50H45NO/c1-49(2)42-19-9-6-16-36(42)38-24-22-33(29-44(38)49)51(34-23-25-39-37-17-7-10-20-43(37)50(45(39)30-34)26-12-13-27-50)35-28-41(32-14-4-3-5-15-32)48-40-18-8-11-21-46(40)52-47(48)31-35/h6-11,16-25,28-32H,3-5,12-15,26-27H2,1-2H3. The van der Waals surface area contributed by atoms with Gasteiger partial charge < -0.3 is 9.32 Å². The highest BCUT2D eigenvalue weighted by Gasteiger charge is 2.45. The van der Waals surface area contributed by atoms with Crippen LogP contribution >= 0.6 is 0 Å². The summed E-state index contributed by atoms with van der Waals surface area (Å²) in [4.78, 5) is 2.56. The van der Waals surface area contributed by atoms with Gasteiger partial charge in [0.25, 0.3) is 0 Å². The SMILES string of the molecule is CC1(C)c2ccccc2-c2ccc(N(c3ccc4c(c3)C3(CCCC3)c3ccccc3-4)c3cc(C4CCCCC4)c4c(c3)oc3ccccc34)cc21. The molecule has 0 atom stereocenters. The number of benzene rings is 6. The van der Waals surface area contributed by atoms with Crippen LogP contribution in [0, 0.1) is 0 Å². The quantitative estimate of drug-likeness (QED) is 0.185. The van der Waals surface area contributed by atoms with Gasteiger partial charge in [-0.2, -0.15) is 0 Å². The molecule has 0 unspecified atom stereocenters. The Morgan fingerprint density at radius 2 is 1.13 bits per heavy atom. The summed E-state index contributed by atoms with van der Waals surface area (Å²) in [6.07, 6.45) is 11.4. The highest BCUT2D eigenvalue weighted by molar-refractivity contribution is 6.08. The Balaban J connectivity index is 1.16. The third-order valence-corrected chi connectivity index (χ3v) is 13.6. The molecule has 256 valence electrons. The van der Waals surface area contributed by atoms with Crippen molar-refractivity contribution in [3.63, 3.8) is 0 Å². The molecule has 1 spiro atoms. The first-order valence-corrected chi connectivity index (χ1v) is 19.8. The number of furan rings is 1. The van der Waals surface area contributed by atoms with Crippen LogP contribution in [0.2, 0.25) is 0 Å². The molecule has 52 heavy (non-hydrogen) atoms. The van der Waals surface area contributed by atoms with Gasteiger partial charge in [0, 0.05) is 39.0 Å². The average Bonchev–Trinajstić information content (AvgIpc) is 3.94. The van der Waals surface area contributed by atoms with Crippen LogP contribution in [0.5, 0.6) is 0 Å². The fourth-order valence-electron chi connectivity index (χ4n) is 11.1. The van der Waals surface area contributed by atoms with E-state index in [1.165, 1.54) is 136 Å². The number of rotatable bonds is 4. The Hall–Kier alpha value is -5.08. The lowest BCUT2D eigenvalue weighted by atomic mass is 9.76. The van der Waals surface area contributed by atoms with Crippen LogP contribution in [-0.2, 0) is 10.8 Å². The first kappa shape index (κ1) is 30.5. The van der Waals surface area contributed by atoms with Gasteiger partial charge in [0.05, 0.1) is 5.69 Å². The molecule has 4 aliphatic rings. The molecule has 1 aromatic heterocycles. The van der Waals surface area contributed by atoms with Crippen molar-refractivity contribution in [2.45, 2.75) is 88.4 Å². The Kier molecular flexibility index (Phi) is 6.58. The maximum absolute atomic E-state index is 6.76. The summed E-state index contributed by atoms with van der Waals surface area (Å²) in [5, 5.41) is 2.55. The maximum atomic E-state index is 6.76. The first-order valence-electron chi connectivity index (χ1n) is 19.8. The molecule has 2 saturated carbocycles. The Bertz CT molecular complexity index is 2550. The predicted molar refractivity (Wildman–Crippen MR) is 216 cm³/mol. The highest BCUT2D eigenvalue weighted by atomic mass is 16.3. The second kappa shape index (κ2) is 11.2. The van der Waals surface area contributed by atoms with Gasteiger partial charge in [-0.25, -0.2) is 0 Å². The van der Waals surface area contributed by atoms with E-state index in [1.54, 1.807) is 0 Å². The summed E-state index contributed by atoms with van der Waals surface area (Å²) >= 11 is 0. The largest absolute Gasteiger partial charge is 0.456 e. The molecule has 2 fully saturated rings. The van der Waals surface area contributed by atoms with Gasteiger partial charge in [0.2, 0.25) is 0 Å². The Labute approximate surface area is 307 Å². The zero-order valence-corrected chi connectivity index (χ0v) is 30.3. The van der Waals surface area contributed by atoms with E-state index in [-0.39, 0.29) is 10.8 Å². The zero-order chi connectivity index (χ0) is 34.6. The fraction of sp³-hybridized carbons (Fsp3) is 0.280. The van der Waals surface area contributed by atoms with Gasteiger partial charge in [-0.1, -0.05) is 125 Å². The van der Waals surface area contributed by atoms with Gasteiger partial charge in [0.15, 0.2) is 0 Å². The van der Waals surface area contributed by atoms with Crippen LogP contribution in [0.15, 0.2) is 126 Å². The normalized spacial score (nSPS) is 18.1. The monoisotopic (exact) mass is 675 g/mol. The average molecular weight is 676 g/mol. The number of nitrogens with zero attached hydrogens (tertiary/aromatic N) is 1. The minimum Gasteiger partial charge on any atom is -0.456 e. The van der Waals surface area contributed by atoms with Crippen molar-refractivity contribution < 1.29 is 4.42 Å². The molecule has 11 rings (SSSR count). The highest BCUT2D eigenvalue weighted by Crippen LogP contribution is 2.58. The summed E-state index contributed by atoms with van der Waals surface area (Å²) in [6, 6.07) is 46.4. The summed E-state index contributed by atoms with van der Waals surface area (Å²) < 4.78 is 6.76. The van der Waals surface area contributed by atoms with Crippen molar-refractivity contribution >= 4 is 39.0 Å². The van der Waals surface area contributed by atoms with Crippen LogP contribution < -0.4 is 4.90 Å². The van der Waals surface area contributed by atoms with Crippen LogP contribution in [0.1, 0.15) is 105 Å². The third-order valence-electron chi connectivity index (χ3n) is 13.6. The van der Waals surface area contributed by atoms with Crippen LogP contribution in [0.3, 0.4) is 0 Å². The number of fused-ring (bicyclic) bond motifs is 11. The van der Waals surface area contributed by atoms with Crippen molar-refractivity contribution in [1.29, 1.82) is 0 Å². The fourth-order valence-corrected chi connectivity index (χ4v) is 11.1. The van der Waals surface area contributed by atoms with Gasteiger partial charge in [-0.05, 0) is 118 Å². The van der Waals surface area contributed by atoms with E-state index in [4.69, 9.17) is 4.42 Å². The summed E-state index contributed by atoms with van der Waals surface area (Å²) in [7, 11) is 0. The number of anilines is 3. The lowest BCUT2D eigenvalue weighted by molar-refractivity contribution is 0.445. The molecule has 0 saturated heterocycles. The van der Waals surface area contributed by atoms with E-state index >= 15 is 0 Å². The van der Waals surface area contributed by atoms with E-state index in [0.29, 0.717) is 5.92 Å². The van der Waals surface area contributed by atoms with Gasteiger partial charge in [-0.3, -0.25) is 0 Å². The van der Waals surface area contributed by atoms with Gasteiger partial charge in [-0.15, -0.1) is 0 Å². The lowest BCUT2D eigenvalue weighted by Gasteiger charge is -2.31. The lowest BCUT2D eigenvalue weighted by Crippen LogP contribution is -2.21. The second-order valence-electron chi connectivity index (χ2n) is 16.6. The van der Waals surface area contributed by atoms with Crippen molar-refractivity contribution in [1.82, 2.24) is 0 Å². The van der Waals surface area contributed by atoms with Crippen molar-refractivity contribution in [2.75, 3.05) is 4.90 Å². The first-order chi connectivity index (χ1) is 25.5. The predicted octanol–water partition coefficient (Wildman–Crippen LogP) is 14.3. The molecule has 7 aromatic rings. The molecule has 2 heteroatoms. The molecule has 0 bridgehead atoms. The van der Waals surface area contributed by atoms with Crippen molar-refractivity contribution in [3.8, 4) is 22.3 Å². The third kappa shape index (κ3) is 4.24. The minimum absolute atomic E-state index is 0.0863. The van der Waals surface area contributed by atoms with Crippen LogP contribution in [-0.4, -0.2) is 0 Å². The summed E-state index contributed by atoms with van der Waals surface area (Å²) in [5.41, 5.74) is 18.5. The van der Waals surface area contributed by atoms with E-state index in [2.05, 4.69) is 140 Å². The summed E-state index contributed by atoms with van der Waals surface area (Å²) in [5.74, 6) is 0.531. The number of hydrogen-bond donors (Lipinski definition) is 0.